The van der Waals surface area contributed by atoms with Gasteiger partial charge in [-0.2, -0.15) is 17.5 Å². The van der Waals surface area contributed by atoms with Crippen molar-refractivity contribution in [2.24, 2.45) is 5.92 Å². The van der Waals surface area contributed by atoms with Gasteiger partial charge in [-0.25, -0.2) is 8.42 Å². The average Bonchev–Trinajstić information content (AvgIpc) is 2.79. The number of esters is 2. The minimum absolute atomic E-state index is 0.0642. The minimum atomic E-state index is -5.72. The van der Waals surface area contributed by atoms with E-state index in [4.69, 9.17) is 4.74 Å². The molecule has 1 aliphatic rings. The van der Waals surface area contributed by atoms with Crippen molar-refractivity contribution < 1.29 is 40.7 Å². The fourth-order valence-corrected chi connectivity index (χ4v) is 3.58. The third-order valence-electron chi connectivity index (χ3n) is 3.38. The molecule has 0 unspecified atom stereocenters. The lowest BCUT2D eigenvalue weighted by Gasteiger charge is -2.29. The van der Waals surface area contributed by atoms with E-state index >= 15 is 0 Å². The fraction of sp³-hybridized carbons (Fsp3) is 0.846. The van der Waals surface area contributed by atoms with Crippen molar-refractivity contribution in [2.45, 2.75) is 50.8 Å². The van der Waals surface area contributed by atoms with Gasteiger partial charge < -0.3 is 9.47 Å². The molecule has 0 saturated carbocycles. The van der Waals surface area contributed by atoms with Crippen molar-refractivity contribution in [1.29, 1.82) is 0 Å². The Morgan fingerprint density at radius 2 is 1.75 bits per heavy atom. The van der Waals surface area contributed by atoms with Crippen LogP contribution >= 0.6 is 0 Å². The van der Waals surface area contributed by atoms with E-state index in [-0.39, 0.29) is 17.1 Å². The van der Waals surface area contributed by atoms with E-state index in [1.807, 2.05) is 0 Å². The maximum absolute atomic E-state index is 12.8. The van der Waals surface area contributed by atoms with E-state index in [9.17, 15) is 31.2 Å². The molecule has 11 heteroatoms. The Morgan fingerprint density at radius 3 is 2.17 bits per heavy atom. The topological polar surface area (TPSA) is 90.0 Å². The summed E-state index contributed by atoms with van der Waals surface area (Å²) < 4.78 is 71.5. The predicted octanol–water partition coefficient (Wildman–Crippen LogP) is 1.43. The third-order valence-corrected chi connectivity index (χ3v) is 5.00. The van der Waals surface area contributed by atoms with Gasteiger partial charge >= 0.3 is 27.5 Å². The molecule has 0 spiro atoms. The summed E-state index contributed by atoms with van der Waals surface area (Å²) in [5, 5.41) is 0. The van der Waals surface area contributed by atoms with Crippen LogP contribution in [-0.2, 0) is 29.1 Å². The molecule has 1 heterocycles. The van der Waals surface area contributed by atoms with Crippen LogP contribution in [0, 0.1) is 5.92 Å². The summed E-state index contributed by atoms with van der Waals surface area (Å²) in [6.07, 6.45) is -0.474. The maximum Gasteiger partial charge on any atom is 0.511 e. The van der Waals surface area contributed by atoms with Gasteiger partial charge in [0.05, 0.1) is 13.5 Å². The lowest BCUT2D eigenvalue weighted by Crippen LogP contribution is -2.50. The molecule has 0 N–H and O–H groups in total. The van der Waals surface area contributed by atoms with Crippen LogP contribution in [0.3, 0.4) is 0 Å². The van der Waals surface area contributed by atoms with E-state index in [0.29, 0.717) is 0 Å². The molecule has 1 saturated heterocycles. The molecule has 0 aromatic heterocycles. The highest BCUT2D eigenvalue weighted by atomic mass is 32.2. The van der Waals surface area contributed by atoms with Gasteiger partial charge in [0.1, 0.15) is 11.6 Å². The fourth-order valence-electron chi connectivity index (χ4n) is 2.41. The van der Waals surface area contributed by atoms with Crippen LogP contribution in [0.25, 0.3) is 0 Å². The zero-order valence-corrected chi connectivity index (χ0v) is 14.5. The summed E-state index contributed by atoms with van der Waals surface area (Å²) in [6.45, 7) is 3.96. The summed E-state index contributed by atoms with van der Waals surface area (Å²) in [5.41, 5.74) is -6.57. The van der Waals surface area contributed by atoms with Crippen molar-refractivity contribution in [3.63, 3.8) is 0 Å². The number of rotatable bonds is 4. The number of halogens is 3. The number of carbonyl (C=O) groups is 2. The monoisotopic (exact) mass is 375 g/mol. The maximum atomic E-state index is 12.8. The summed E-state index contributed by atoms with van der Waals surface area (Å²) >= 11 is 0. The Kier molecular flexibility index (Phi) is 5.92. The van der Waals surface area contributed by atoms with E-state index < -0.39 is 51.6 Å². The molecule has 0 radical (unpaired) electrons. The molecule has 1 fully saturated rings. The lowest BCUT2D eigenvalue weighted by atomic mass is 9.97. The first kappa shape index (κ1) is 20.7. The zero-order chi connectivity index (χ0) is 18.9. The van der Waals surface area contributed by atoms with Crippen molar-refractivity contribution in [2.75, 3.05) is 13.7 Å². The number of ether oxygens (including phenoxy) is 2. The second-order valence-electron chi connectivity index (χ2n) is 6.37. The van der Waals surface area contributed by atoms with Crippen LogP contribution in [-0.4, -0.2) is 55.5 Å². The van der Waals surface area contributed by atoms with Gasteiger partial charge in [-0.05, 0) is 33.1 Å². The Hall–Kier alpha value is -1.36. The lowest BCUT2D eigenvalue weighted by molar-refractivity contribution is -0.160. The molecule has 2 atom stereocenters. The number of alkyl halides is 3. The second kappa shape index (κ2) is 6.87. The van der Waals surface area contributed by atoms with Crippen LogP contribution in [0.2, 0.25) is 0 Å². The Bertz CT molecular complexity index is 596. The molecule has 24 heavy (non-hydrogen) atoms. The zero-order valence-electron chi connectivity index (χ0n) is 13.7. The summed E-state index contributed by atoms with van der Waals surface area (Å²) in [6, 6.07) is -1.73. The van der Waals surface area contributed by atoms with Gasteiger partial charge in [0.25, 0.3) is 0 Å². The number of hydrogen-bond donors (Lipinski definition) is 0. The first-order valence-electron chi connectivity index (χ1n) is 7.08. The van der Waals surface area contributed by atoms with Crippen molar-refractivity contribution in [1.82, 2.24) is 4.31 Å². The Morgan fingerprint density at radius 1 is 1.21 bits per heavy atom. The number of nitrogens with zero attached hydrogens (tertiary/aromatic N) is 1. The quantitative estimate of drug-likeness (QED) is 0.691. The van der Waals surface area contributed by atoms with Crippen LogP contribution in [0.15, 0.2) is 0 Å². The molecule has 7 nitrogen and oxygen atoms in total. The van der Waals surface area contributed by atoms with Gasteiger partial charge in [0.15, 0.2) is 0 Å². The molecule has 0 aromatic carbocycles. The van der Waals surface area contributed by atoms with Gasteiger partial charge in [0, 0.05) is 6.54 Å². The summed E-state index contributed by atoms with van der Waals surface area (Å²) in [5.74, 6) is -2.83. The number of sulfonamides is 1. The molecule has 0 aliphatic carbocycles. The molecular weight excluding hydrogens is 355 g/mol. The molecule has 0 aromatic rings. The summed E-state index contributed by atoms with van der Waals surface area (Å²) in [4.78, 5) is 23.7. The van der Waals surface area contributed by atoms with Crippen molar-refractivity contribution in [3.8, 4) is 0 Å². The van der Waals surface area contributed by atoms with Crippen LogP contribution in [0.4, 0.5) is 13.2 Å². The Labute approximate surface area is 138 Å². The largest absolute Gasteiger partial charge is 0.511 e. The summed E-state index contributed by atoms with van der Waals surface area (Å²) in [7, 11) is -4.63. The second-order valence-corrected chi connectivity index (χ2v) is 8.25. The van der Waals surface area contributed by atoms with Gasteiger partial charge in [-0.1, -0.05) is 0 Å². The number of carbonyl (C=O) groups excluding carboxylic acids is 2. The highest BCUT2D eigenvalue weighted by Crippen LogP contribution is 2.37. The standard InChI is InChI=1S/C13H20F3NO6S/c1-12(2,3)23-11(19)10-8(7-9(18)22-4)5-6-17(10)24(20,21)13(14,15)16/h8,10H,5-7H2,1-4H3/t8-,10-/m0/s1. The smallest absolute Gasteiger partial charge is 0.469 e. The molecule has 1 rings (SSSR count). The normalized spacial score (nSPS) is 23.1. The van der Waals surface area contributed by atoms with Gasteiger partial charge in [-0.3, -0.25) is 9.59 Å². The van der Waals surface area contributed by atoms with E-state index in [2.05, 4.69) is 4.74 Å². The highest BCUT2D eigenvalue weighted by Gasteiger charge is 2.57. The van der Waals surface area contributed by atoms with Gasteiger partial charge in [-0.15, -0.1) is 0 Å². The van der Waals surface area contributed by atoms with Crippen molar-refractivity contribution in [3.05, 3.63) is 0 Å². The number of methoxy groups -OCH3 is 1. The first-order valence-corrected chi connectivity index (χ1v) is 8.52. The van der Waals surface area contributed by atoms with Crippen LogP contribution < -0.4 is 0 Å². The van der Waals surface area contributed by atoms with Crippen molar-refractivity contribution >= 4 is 22.0 Å². The van der Waals surface area contributed by atoms with Crippen LogP contribution in [0.5, 0.6) is 0 Å². The Balaban J connectivity index is 3.20. The molecular formula is C13H20F3NO6S. The number of hydrogen-bond acceptors (Lipinski definition) is 6. The highest BCUT2D eigenvalue weighted by molar-refractivity contribution is 7.90. The molecule has 140 valence electrons. The SMILES string of the molecule is COC(=O)C[C@@H]1CCN(S(=O)(=O)C(F)(F)F)[C@@H]1C(=O)OC(C)(C)C. The molecule has 0 amide bonds. The minimum Gasteiger partial charge on any atom is -0.469 e. The average molecular weight is 375 g/mol. The van der Waals surface area contributed by atoms with E-state index in [1.165, 1.54) is 20.8 Å². The molecule has 1 aliphatic heterocycles. The molecule has 0 bridgehead atoms. The van der Waals surface area contributed by atoms with Crippen LogP contribution in [0.1, 0.15) is 33.6 Å². The first-order chi connectivity index (χ1) is 10.7. The van der Waals surface area contributed by atoms with E-state index in [0.717, 1.165) is 7.11 Å². The van der Waals surface area contributed by atoms with Gasteiger partial charge in [0.2, 0.25) is 0 Å². The van der Waals surface area contributed by atoms with E-state index in [1.54, 1.807) is 0 Å². The predicted molar refractivity (Wildman–Crippen MR) is 76.1 cm³/mol. The third kappa shape index (κ3) is 4.59.